The van der Waals surface area contributed by atoms with E-state index in [2.05, 4.69) is 0 Å². The van der Waals surface area contributed by atoms with Gasteiger partial charge in [-0.25, -0.2) is 0 Å². The van der Waals surface area contributed by atoms with E-state index in [1.165, 1.54) is 0 Å². The first-order valence-corrected chi connectivity index (χ1v) is 8.73. The molecular formula is C20H12O4S. The molecule has 2 aromatic carbocycles. The molecule has 25 heavy (non-hydrogen) atoms. The first-order chi connectivity index (χ1) is 12.3. The van der Waals surface area contributed by atoms with E-state index in [1.807, 2.05) is 53.2 Å². The molecule has 0 amide bonds. The summed E-state index contributed by atoms with van der Waals surface area (Å²) >= 11 is 1.58. The lowest BCUT2D eigenvalue weighted by Gasteiger charge is -2.05. The molecule has 0 atom stereocenters. The van der Waals surface area contributed by atoms with E-state index >= 15 is 0 Å². The minimum absolute atomic E-state index is 0.0937. The average Bonchev–Trinajstić information content (AvgIpc) is 3.36. The van der Waals surface area contributed by atoms with Crippen molar-refractivity contribution in [2.45, 2.75) is 0 Å². The zero-order valence-corrected chi connectivity index (χ0v) is 13.8. The highest BCUT2D eigenvalue weighted by Gasteiger charge is 2.28. The summed E-state index contributed by atoms with van der Waals surface area (Å²) in [6.45, 7) is 0.242. The number of hydrogen-bond acceptors (Lipinski definition) is 5. The second kappa shape index (κ2) is 5.50. The number of fused-ring (bicyclic) bond motifs is 2. The third kappa shape index (κ3) is 2.40. The topological polar surface area (TPSA) is 44.8 Å². The summed E-state index contributed by atoms with van der Waals surface area (Å²) in [6, 6.07) is 13.4. The van der Waals surface area contributed by atoms with Crippen molar-refractivity contribution in [2.24, 2.45) is 0 Å². The summed E-state index contributed by atoms with van der Waals surface area (Å²) in [5, 5.41) is 3.95. The second-order valence-corrected chi connectivity index (χ2v) is 6.56. The van der Waals surface area contributed by atoms with E-state index in [9.17, 15) is 4.79 Å². The molecule has 3 heterocycles. The highest BCUT2D eigenvalue weighted by atomic mass is 32.1. The first kappa shape index (κ1) is 14.3. The average molecular weight is 348 g/mol. The molecule has 0 saturated heterocycles. The quantitative estimate of drug-likeness (QED) is 0.626. The maximum absolute atomic E-state index is 12.7. The molecule has 0 aliphatic carbocycles. The van der Waals surface area contributed by atoms with Crippen molar-refractivity contribution in [1.29, 1.82) is 0 Å². The first-order valence-electron chi connectivity index (χ1n) is 7.78. The smallest absolute Gasteiger partial charge is 0.231 e. The molecule has 0 fully saturated rings. The Morgan fingerprint density at radius 3 is 2.56 bits per heavy atom. The Hall–Kier alpha value is -3.05. The molecule has 0 unspecified atom stereocenters. The minimum atomic E-state index is -0.0937. The van der Waals surface area contributed by atoms with Gasteiger partial charge in [-0.2, -0.15) is 11.3 Å². The van der Waals surface area contributed by atoms with Gasteiger partial charge in [0.25, 0.3) is 0 Å². The van der Waals surface area contributed by atoms with Crippen molar-refractivity contribution in [3.05, 3.63) is 70.1 Å². The molecular weight excluding hydrogens is 336 g/mol. The van der Waals surface area contributed by atoms with Crippen molar-refractivity contribution < 1.29 is 19.0 Å². The number of benzene rings is 2. The lowest BCUT2D eigenvalue weighted by molar-refractivity contribution is 0.101. The van der Waals surface area contributed by atoms with Crippen LogP contribution in [0.3, 0.4) is 0 Å². The van der Waals surface area contributed by atoms with Crippen LogP contribution in [0, 0.1) is 0 Å². The summed E-state index contributed by atoms with van der Waals surface area (Å²) in [6.07, 6.45) is 1.78. The SMILES string of the molecule is O=C1/C(=C/c2ccsc2)Oc2ccc(-c3ccc4c(c3)OCO4)cc21. The van der Waals surface area contributed by atoms with Crippen LogP contribution in [-0.2, 0) is 0 Å². The van der Waals surface area contributed by atoms with Gasteiger partial charge < -0.3 is 14.2 Å². The molecule has 5 heteroatoms. The van der Waals surface area contributed by atoms with Crippen molar-refractivity contribution in [1.82, 2.24) is 0 Å². The van der Waals surface area contributed by atoms with Gasteiger partial charge in [0.2, 0.25) is 12.6 Å². The van der Waals surface area contributed by atoms with E-state index in [0.717, 1.165) is 28.2 Å². The zero-order chi connectivity index (χ0) is 16.8. The van der Waals surface area contributed by atoms with Gasteiger partial charge >= 0.3 is 0 Å². The van der Waals surface area contributed by atoms with Crippen LogP contribution in [0.25, 0.3) is 17.2 Å². The van der Waals surface area contributed by atoms with Crippen LogP contribution >= 0.6 is 11.3 Å². The Morgan fingerprint density at radius 1 is 0.920 bits per heavy atom. The molecule has 2 aliphatic heterocycles. The van der Waals surface area contributed by atoms with Crippen LogP contribution in [0.2, 0.25) is 0 Å². The number of ketones is 1. The van der Waals surface area contributed by atoms with Crippen molar-refractivity contribution in [2.75, 3.05) is 6.79 Å². The molecule has 3 aromatic rings. The summed E-state index contributed by atoms with van der Waals surface area (Å²) < 4.78 is 16.5. The Morgan fingerprint density at radius 2 is 1.72 bits per heavy atom. The van der Waals surface area contributed by atoms with Crippen LogP contribution in [0.4, 0.5) is 0 Å². The van der Waals surface area contributed by atoms with Crippen molar-refractivity contribution in [3.8, 4) is 28.4 Å². The number of carbonyl (C=O) groups excluding carboxylic acids is 1. The van der Waals surface area contributed by atoms with Crippen LogP contribution in [-0.4, -0.2) is 12.6 Å². The van der Waals surface area contributed by atoms with Gasteiger partial charge in [-0.1, -0.05) is 12.1 Å². The van der Waals surface area contributed by atoms with Crippen LogP contribution < -0.4 is 14.2 Å². The molecule has 0 bridgehead atoms. The molecule has 0 radical (unpaired) electrons. The molecule has 4 nitrogen and oxygen atoms in total. The number of thiophene rings is 1. The highest BCUT2D eigenvalue weighted by Crippen LogP contribution is 2.39. The second-order valence-electron chi connectivity index (χ2n) is 5.78. The van der Waals surface area contributed by atoms with Gasteiger partial charge in [0.1, 0.15) is 5.75 Å². The Kier molecular flexibility index (Phi) is 3.15. The Balaban J connectivity index is 1.52. The van der Waals surface area contributed by atoms with Gasteiger partial charge in [-0.3, -0.25) is 4.79 Å². The lowest BCUT2D eigenvalue weighted by Crippen LogP contribution is -1.97. The number of Topliss-reactive ketones (excluding diaryl/α,β-unsaturated/α-hetero) is 1. The van der Waals surface area contributed by atoms with Gasteiger partial charge in [0.05, 0.1) is 5.56 Å². The Labute approximate surface area is 147 Å². The maximum atomic E-state index is 12.7. The number of carbonyl (C=O) groups is 1. The molecule has 0 spiro atoms. The number of hydrogen-bond donors (Lipinski definition) is 0. The molecule has 122 valence electrons. The van der Waals surface area contributed by atoms with Crippen LogP contribution in [0.1, 0.15) is 15.9 Å². The van der Waals surface area contributed by atoms with Gasteiger partial charge in [-0.05, 0) is 63.9 Å². The normalized spacial score (nSPS) is 16.2. The Bertz CT molecular complexity index is 1020. The molecule has 0 N–H and O–H groups in total. The third-order valence-electron chi connectivity index (χ3n) is 4.21. The predicted octanol–water partition coefficient (Wildman–Crippen LogP) is 4.76. The summed E-state index contributed by atoms with van der Waals surface area (Å²) in [7, 11) is 0. The minimum Gasteiger partial charge on any atom is -0.454 e. The van der Waals surface area contributed by atoms with E-state index in [4.69, 9.17) is 14.2 Å². The monoisotopic (exact) mass is 348 g/mol. The maximum Gasteiger partial charge on any atom is 0.231 e. The number of rotatable bonds is 2. The van der Waals surface area contributed by atoms with Crippen LogP contribution in [0.5, 0.6) is 17.2 Å². The third-order valence-corrected chi connectivity index (χ3v) is 4.92. The van der Waals surface area contributed by atoms with Gasteiger partial charge in [-0.15, -0.1) is 0 Å². The fourth-order valence-corrected chi connectivity index (χ4v) is 3.57. The number of allylic oxidation sites excluding steroid dienone is 1. The number of ether oxygens (including phenoxy) is 3. The van der Waals surface area contributed by atoms with Crippen LogP contribution in [0.15, 0.2) is 59.0 Å². The van der Waals surface area contributed by atoms with E-state index in [1.54, 1.807) is 17.4 Å². The molecule has 1 aromatic heterocycles. The predicted molar refractivity (Wildman–Crippen MR) is 95.3 cm³/mol. The lowest BCUT2D eigenvalue weighted by atomic mass is 10.0. The van der Waals surface area contributed by atoms with Crippen molar-refractivity contribution in [3.63, 3.8) is 0 Å². The zero-order valence-electron chi connectivity index (χ0n) is 13.0. The standard InChI is InChI=1S/C20H12O4S/c21-20-15-8-13(14-2-4-17-18(9-14)23-11-22-17)1-3-16(15)24-19(20)7-12-5-6-25-10-12/h1-10H,11H2/b19-7-. The van der Waals surface area contributed by atoms with E-state index in [-0.39, 0.29) is 12.6 Å². The summed E-state index contributed by atoms with van der Waals surface area (Å²) in [5.74, 6) is 2.32. The van der Waals surface area contributed by atoms with Gasteiger partial charge in [0, 0.05) is 0 Å². The molecule has 5 rings (SSSR count). The fourth-order valence-electron chi connectivity index (χ4n) is 2.95. The van der Waals surface area contributed by atoms with Crippen molar-refractivity contribution >= 4 is 23.2 Å². The highest BCUT2D eigenvalue weighted by molar-refractivity contribution is 7.08. The largest absolute Gasteiger partial charge is 0.454 e. The summed E-state index contributed by atoms with van der Waals surface area (Å²) in [5.41, 5.74) is 3.45. The molecule has 0 saturated carbocycles. The van der Waals surface area contributed by atoms with E-state index < -0.39 is 0 Å². The van der Waals surface area contributed by atoms with E-state index in [0.29, 0.717) is 17.1 Å². The fraction of sp³-hybridized carbons (Fsp3) is 0.0500. The van der Waals surface area contributed by atoms with Gasteiger partial charge in [0.15, 0.2) is 17.3 Å². The molecule has 2 aliphatic rings. The summed E-state index contributed by atoms with van der Waals surface area (Å²) in [4.78, 5) is 12.7.